The van der Waals surface area contributed by atoms with Crippen molar-refractivity contribution in [3.63, 3.8) is 0 Å². The number of hydrogen-bond acceptors (Lipinski definition) is 5. The summed E-state index contributed by atoms with van der Waals surface area (Å²) in [5.74, 6) is -0.600. The largest absolute Gasteiger partial charge is 0.411 e. The van der Waals surface area contributed by atoms with Gasteiger partial charge in [0.2, 0.25) is 0 Å². The van der Waals surface area contributed by atoms with E-state index >= 15 is 0 Å². The zero-order valence-corrected chi connectivity index (χ0v) is 22.2. The monoisotopic (exact) mass is 576 g/mol. The number of halogens is 4. The summed E-state index contributed by atoms with van der Waals surface area (Å²) in [7, 11) is 4.15. The quantitative estimate of drug-likeness (QED) is 0.481. The summed E-state index contributed by atoms with van der Waals surface area (Å²) in [6, 6.07) is 6.05. The van der Waals surface area contributed by atoms with Gasteiger partial charge in [-0.15, -0.1) is 0 Å². The molecule has 196 valence electrons. The fourth-order valence-corrected chi connectivity index (χ4v) is 5.49. The third-order valence-corrected chi connectivity index (χ3v) is 7.84. The van der Waals surface area contributed by atoms with Gasteiger partial charge in [-0.25, -0.2) is 9.67 Å². The molecule has 1 aromatic heterocycles. The Morgan fingerprint density at radius 3 is 2.59 bits per heavy atom. The Morgan fingerprint density at radius 1 is 1.22 bits per heavy atom. The van der Waals surface area contributed by atoms with Gasteiger partial charge in [0, 0.05) is 42.6 Å². The van der Waals surface area contributed by atoms with Gasteiger partial charge in [-0.2, -0.15) is 18.3 Å². The van der Waals surface area contributed by atoms with Crippen LogP contribution in [0.25, 0.3) is 0 Å². The topological polar surface area (TPSA) is 65.8 Å². The van der Waals surface area contributed by atoms with E-state index in [1.165, 1.54) is 0 Å². The second-order valence-electron chi connectivity index (χ2n) is 9.76. The van der Waals surface area contributed by atoms with Crippen molar-refractivity contribution in [3.8, 4) is 0 Å². The van der Waals surface area contributed by atoms with Crippen LogP contribution < -0.4 is 10.2 Å². The van der Waals surface area contributed by atoms with Gasteiger partial charge >= 0.3 is 6.18 Å². The molecule has 2 atom stereocenters. The third-order valence-electron chi connectivity index (χ3n) is 7.11. The number of hydrogen-bond donors (Lipinski definition) is 1. The average molecular weight is 577 g/mol. The highest BCUT2D eigenvalue weighted by Gasteiger charge is 2.46. The van der Waals surface area contributed by atoms with E-state index in [1.807, 2.05) is 24.3 Å². The standard InChI is InChI=1S/C26H28BrF3N6O/c1-34(2)19-12-13-35(15-19)18-10-8-17(9-11-18)31-25(37)23-22(27)24-32-20(16-6-4-3-5-7-16)14-21(26(28,29)30)36(24)33-23/h3-4,6,8-11,19,21H,5,7,12-15H2,1-2H3,(H,31,37). The molecule has 1 fully saturated rings. The lowest BCUT2D eigenvalue weighted by atomic mass is 9.94. The Hall–Kier alpha value is -2.92. The van der Waals surface area contributed by atoms with Crippen LogP contribution in [0.3, 0.4) is 0 Å². The molecular weight excluding hydrogens is 549 g/mol. The maximum absolute atomic E-state index is 14.0. The van der Waals surface area contributed by atoms with Crippen LogP contribution >= 0.6 is 15.9 Å². The van der Waals surface area contributed by atoms with Crippen molar-refractivity contribution in [3.05, 3.63) is 58.2 Å². The molecule has 3 heterocycles. The first-order valence-electron chi connectivity index (χ1n) is 12.2. The number of carbonyl (C=O) groups is 1. The lowest BCUT2D eigenvalue weighted by Crippen LogP contribution is -2.32. The molecule has 5 rings (SSSR count). The number of aliphatic imine (C=N–C) groups is 1. The summed E-state index contributed by atoms with van der Waals surface area (Å²) in [6.45, 7) is 1.89. The number of anilines is 2. The van der Waals surface area contributed by atoms with Gasteiger partial charge in [-0.1, -0.05) is 18.2 Å². The summed E-state index contributed by atoms with van der Waals surface area (Å²) in [4.78, 5) is 22.1. The van der Waals surface area contributed by atoms with Crippen molar-refractivity contribution >= 4 is 44.7 Å². The van der Waals surface area contributed by atoms with Gasteiger partial charge in [-0.05, 0) is 79.1 Å². The molecule has 7 nitrogen and oxygen atoms in total. The predicted octanol–water partition coefficient (Wildman–Crippen LogP) is 5.89. The van der Waals surface area contributed by atoms with Crippen LogP contribution in [0, 0.1) is 0 Å². The molecule has 1 N–H and O–H groups in total. The number of carbonyl (C=O) groups excluding carboxylic acids is 1. The van der Waals surface area contributed by atoms with E-state index in [9.17, 15) is 18.0 Å². The summed E-state index contributed by atoms with van der Waals surface area (Å²) in [5.41, 5.74) is 2.61. The number of rotatable bonds is 5. The molecule has 2 aliphatic heterocycles. The molecule has 0 radical (unpaired) electrons. The first-order chi connectivity index (χ1) is 17.6. The zero-order valence-electron chi connectivity index (χ0n) is 20.6. The maximum atomic E-state index is 14.0. The number of likely N-dealkylation sites (N-methyl/N-ethyl adjacent to an activating group) is 1. The normalized spacial score (nSPS) is 21.6. The molecule has 2 aromatic rings. The molecule has 11 heteroatoms. The second kappa shape index (κ2) is 10.1. The van der Waals surface area contributed by atoms with Crippen LogP contribution in [-0.4, -0.2) is 65.7 Å². The van der Waals surface area contributed by atoms with Crippen molar-refractivity contribution in [2.45, 2.75) is 43.9 Å². The molecule has 0 spiro atoms. The van der Waals surface area contributed by atoms with E-state index in [0.29, 0.717) is 23.9 Å². The van der Waals surface area contributed by atoms with Gasteiger partial charge in [0.15, 0.2) is 17.6 Å². The van der Waals surface area contributed by atoms with Crippen LogP contribution in [-0.2, 0) is 0 Å². The molecule has 1 aliphatic carbocycles. The van der Waals surface area contributed by atoms with Crippen LogP contribution in [0.1, 0.15) is 42.2 Å². The van der Waals surface area contributed by atoms with Crippen molar-refractivity contribution in [1.82, 2.24) is 14.7 Å². The van der Waals surface area contributed by atoms with E-state index in [0.717, 1.165) is 41.9 Å². The summed E-state index contributed by atoms with van der Waals surface area (Å²) >= 11 is 3.31. The molecule has 0 bridgehead atoms. The second-order valence-corrected chi connectivity index (χ2v) is 10.6. The lowest BCUT2D eigenvalue weighted by Gasteiger charge is -2.27. The molecule has 3 aliphatic rings. The number of nitrogens with one attached hydrogen (secondary N) is 1. The van der Waals surface area contributed by atoms with E-state index < -0.39 is 18.1 Å². The minimum Gasteiger partial charge on any atom is -0.370 e. The van der Waals surface area contributed by atoms with Gasteiger partial charge in [-0.3, -0.25) is 4.79 Å². The number of alkyl halides is 3. The number of allylic oxidation sites excluding steroid dienone is 4. The smallest absolute Gasteiger partial charge is 0.370 e. The van der Waals surface area contributed by atoms with E-state index in [-0.39, 0.29) is 22.4 Å². The van der Waals surface area contributed by atoms with Gasteiger partial charge in [0.1, 0.15) is 0 Å². The molecule has 2 unspecified atom stereocenters. The Kier molecular flexibility index (Phi) is 7.01. The highest BCUT2D eigenvalue weighted by atomic mass is 79.9. The number of aromatic nitrogens is 2. The molecule has 1 saturated heterocycles. The number of amides is 1. The van der Waals surface area contributed by atoms with E-state index in [2.05, 4.69) is 55.2 Å². The Morgan fingerprint density at radius 2 is 1.97 bits per heavy atom. The molecule has 37 heavy (non-hydrogen) atoms. The van der Waals surface area contributed by atoms with E-state index in [4.69, 9.17) is 0 Å². The first-order valence-corrected chi connectivity index (χ1v) is 13.0. The molecular formula is C26H28BrF3N6O. The van der Waals surface area contributed by atoms with Crippen LogP contribution in [0.4, 0.5) is 30.4 Å². The molecule has 1 amide bonds. The Balaban J connectivity index is 1.37. The molecule has 1 aromatic carbocycles. The minimum absolute atomic E-state index is 0.00371. The highest BCUT2D eigenvalue weighted by Crippen LogP contribution is 2.44. The summed E-state index contributed by atoms with van der Waals surface area (Å²) in [6.07, 6.45) is 3.20. The first kappa shape index (κ1) is 25.7. The van der Waals surface area contributed by atoms with Gasteiger partial charge in [0.25, 0.3) is 5.91 Å². The molecule has 0 saturated carbocycles. The fraction of sp³-hybridized carbons (Fsp3) is 0.423. The van der Waals surface area contributed by atoms with Gasteiger partial charge in [0.05, 0.1) is 4.47 Å². The Labute approximate surface area is 221 Å². The fourth-order valence-electron chi connectivity index (χ4n) is 4.96. The number of benzene rings is 1. The van der Waals surface area contributed by atoms with Crippen molar-refractivity contribution < 1.29 is 18.0 Å². The van der Waals surface area contributed by atoms with Crippen molar-refractivity contribution in [2.75, 3.05) is 37.4 Å². The third kappa shape index (κ3) is 5.24. The van der Waals surface area contributed by atoms with Crippen LogP contribution in [0.2, 0.25) is 0 Å². The minimum atomic E-state index is -4.54. The van der Waals surface area contributed by atoms with Crippen LogP contribution in [0.5, 0.6) is 0 Å². The predicted molar refractivity (Wildman–Crippen MR) is 142 cm³/mol. The van der Waals surface area contributed by atoms with Crippen LogP contribution in [0.15, 0.2) is 57.5 Å². The zero-order chi connectivity index (χ0) is 26.3. The number of nitrogens with zero attached hydrogens (tertiary/aromatic N) is 5. The summed E-state index contributed by atoms with van der Waals surface area (Å²) in [5, 5.41) is 6.82. The van der Waals surface area contributed by atoms with Crippen molar-refractivity contribution in [1.29, 1.82) is 0 Å². The van der Waals surface area contributed by atoms with Crippen molar-refractivity contribution in [2.24, 2.45) is 4.99 Å². The maximum Gasteiger partial charge on any atom is 0.411 e. The van der Waals surface area contributed by atoms with E-state index in [1.54, 1.807) is 18.2 Å². The van der Waals surface area contributed by atoms with Gasteiger partial charge < -0.3 is 15.1 Å². The highest BCUT2D eigenvalue weighted by molar-refractivity contribution is 9.10. The summed E-state index contributed by atoms with van der Waals surface area (Å²) < 4.78 is 43.0. The Bertz CT molecular complexity index is 1280. The lowest BCUT2D eigenvalue weighted by molar-refractivity contribution is -0.168. The average Bonchev–Trinajstić information content (AvgIpc) is 3.50. The SMILES string of the molecule is CN(C)C1CCN(c2ccc(NC(=O)c3nn4c(c3Br)N=C(C3=CC=CCC3)CC4C(F)(F)F)cc2)C1. The number of fused-ring (bicyclic) bond motifs is 1.